The lowest BCUT2D eigenvalue weighted by Gasteiger charge is -2.32. The van der Waals surface area contributed by atoms with Crippen molar-refractivity contribution in [2.45, 2.75) is 32.4 Å². The Kier molecular flexibility index (Phi) is 5.20. The molecule has 1 saturated heterocycles. The Bertz CT molecular complexity index is 646. The molecule has 0 saturated carbocycles. The van der Waals surface area contributed by atoms with Crippen LogP contribution in [-0.4, -0.2) is 40.7 Å². The predicted octanol–water partition coefficient (Wildman–Crippen LogP) is 2.20. The number of hydrogen-bond acceptors (Lipinski definition) is 5. The number of nitrogens with zero attached hydrogens (tertiary/aromatic N) is 3. The van der Waals surface area contributed by atoms with Gasteiger partial charge in [-0.05, 0) is 49.6 Å². The SMILES string of the molecule is Cc1cccc(CN2CCO[C@@H](CCc3ccnc(N)c3)C2)n1. The second-order valence-corrected chi connectivity index (χ2v) is 6.13. The molecule has 1 aliphatic rings. The standard InChI is InChI=1S/C18H24N4O/c1-14-3-2-4-16(21-14)12-22-9-10-23-17(13-22)6-5-15-7-8-20-18(19)11-15/h2-4,7-8,11,17H,5-6,9-10,12-13H2,1H3,(H2,19,20)/t17-/m0/s1. The van der Waals surface area contributed by atoms with Gasteiger partial charge in [0.2, 0.25) is 0 Å². The number of anilines is 1. The summed E-state index contributed by atoms with van der Waals surface area (Å²) in [5.41, 5.74) is 9.15. The zero-order valence-corrected chi connectivity index (χ0v) is 13.6. The molecule has 0 spiro atoms. The normalized spacial score (nSPS) is 18.9. The van der Waals surface area contributed by atoms with Crippen LogP contribution < -0.4 is 5.73 Å². The van der Waals surface area contributed by atoms with Crippen LogP contribution in [0.3, 0.4) is 0 Å². The maximum Gasteiger partial charge on any atom is 0.123 e. The maximum atomic E-state index is 5.91. The van der Waals surface area contributed by atoms with Crippen molar-refractivity contribution in [1.29, 1.82) is 0 Å². The van der Waals surface area contributed by atoms with E-state index in [2.05, 4.69) is 27.0 Å². The van der Waals surface area contributed by atoms with E-state index in [0.717, 1.165) is 50.5 Å². The number of nitrogens with two attached hydrogens (primary N) is 1. The third kappa shape index (κ3) is 4.74. The van der Waals surface area contributed by atoms with E-state index in [0.29, 0.717) is 5.82 Å². The summed E-state index contributed by atoms with van der Waals surface area (Å²) in [4.78, 5) is 11.1. The minimum atomic E-state index is 0.267. The number of morpholine rings is 1. The summed E-state index contributed by atoms with van der Waals surface area (Å²) in [6, 6.07) is 10.2. The summed E-state index contributed by atoms with van der Waals surface area (Å²) in [6.45, 7) is 5.63. The Labute approximate surface area is 137 Å². The Hall–Kier alpha value is -1.98. The van der Waals surface area contributed by atoms with Gasteiger partial charge in [-0.2, -0.15) is 0 Å². The van der Waals surface area contributed by atoms with Crippen LogP contribution >= 0.6 is 0 Å². The van der Waals surface area contributed by atoms with Crippen molar-refractivity contribution in [3.63, 3.8) is 0 Å². The highest BCUT2D eigenvalue weighted by molar-refractivity contribution is 5.31. The lowest BCUT2D eigenvalue weighted by molar-refractivity contribution is -0.0349. The van der Waals surface area contributed by atoms with Crippen LogP contribution in [0.4, 0.5) is 5.82 Å². The molecule has 0 amide bonds. The number of pyridine rings is 2. The van der Waals surface area contributed by atoms with Crippen LogP contribution in [0.1, 0.15) is 23.4 Å². The molecule has 2 N–H and O–H groups in total. The van der Waals surface area contributed by atoms with Gasteiger partial charge in [-0.25, -0.2) is 4.98 Å². The van der Waals surface area contributed by atoms with Crippen LogP contribution in [0.15, 0.2) is 36.5 Å². The van der Waals surface area contributed by atoms with Crippen molar-refractivity contribution in [2.75, 3.05) is 25.4 Å². The van der Waals surface area contributed by atoms with Gasteiger partial charge < -0.3 is 10.5 Å². The van der Waals surface area contributed by atoms with Crippen molar-refractivity contribution in [3.8, 4) is 0 Å². The first kappa shape index (κ1) is 15.9. The van der Waals surface area contributed by atoms with Crippen LogP contribution in [0.5, 0.6) is 0 Å². The molecule has 0 aromatic carbocycles. The molecular weight excluding hydrogens is 288 g/mol. The van der Waals surface area contributed by atoms with E-state index in [1.165, 1.54) is 5.56 Å². The number of aryl methyl sites for hydroxylation is 2. The highest BCUT2D eigenvalue weighted by Crippen LogP contribution is 2.15. The molecule has 1 aliphatic heterocycles. The summed E-state index contributed by atoms with van der Waals surface area (Å²) in [5.74, 6) is 0.583. The largest absolute Gasteiger partial charge is 0.384 e. The third-order valence-corrected chi connectivity index (χ3v) is 4.15. The summed E-state index contributed by atoms with van der Waals surface area (Å²) in [5, 5.41) is 0. The molecule has 0 aliphatic carbocycles. The molecule has 3 heterocycles. The predicted molar refractivity (Wildman–Crippen MR) is 91.0 cm³/mol. The molecular formula is C18H24N4O. The Morgan fingerprint density at radius 3 is 3.09 bits per heavy atom. The van der Waals surface area contributed by atoms with Crippen molar-refractivity contribution in [3.05, 3.63) is 53.5 Å². The molecule has 0 unspecified atom stereocenters. The van der Waals surface area contributed by atoms with Crippen molar-refractivity contribution >= 4 is 5.82 Å². The van der Waals surface area contributed by atoms with E-state index < -0.39 is 0 Å². The van der Waals surface area contributed by atoms with Crippen molar-refractivity contribution in [1.82, 2.24) is 14.9 Å². The number of aromatic nitrogens is 2. The van der Waals surface area contributed by atoms with Crippen LogP contribution in [0.25, 0.3) is 0 Å². The molecule has 3 rings (SSSR count). The Morgan fingerprint density at radius 1 is 1.35 bits per heavy atom. The van der Waals surface area contributed by atoms with E-state index in [1.54, 1.807) is 6.20 Å². The fourth-order valence-electron chi connectivity index (χ4n) is 2.99. The highest BCUT2D eigenvalue weighted by atomic mass is 16.5. The zero-order valence-electron chi connectivity index (χ0n) is 13.6. The first-order valence-electron chi connectivity index (χ1n) is 8.16. The van der Waals surface area contributed by atoms with E-state index >= 15 is 0 Å². The molecule has 5 heteroatoms. The molecule has 5 nitrogen and oxygen atoms in total. The third-order valence-electron chi connectivity index (χ3n) is 4.15. The van der Waals surface area contributed by atoms with Crippen LogP contribution in [-0.2, 0) is 17.7 Å². The minimum absolute atomic E-state index is 0.267. The van der Waals surface area contributed by atoms with Gasteiger partial charge in [0.25, 0.3) is 0 Å². The smallest absolute Gasteiger partial charge is 0.123 e. The fourth-order valence-corrected chi connectivity index (χ4v) is 2.99. The zero-order chi connectivity index (χ0) is 16.1. The van der Waals surface area contributed by atoms with Gasteiger partial charge in [0, 0.05) is 31.5 Å². The molecule has 0 bridgehead atoms. The molecule has 2 aromatic rings. The topological polar surface area (TPSA) is 64.3 Å². The molecule has 122 valence electrons. The van der Waals surface area contributed by atoms with E-state index in [4.69, 9.17) is 10.5 Å². The fraction of sp³-hybridized carbons (Fsp3) is 0.444. The molecule has 1 fully saturated rings. The summed E-state index contributed by atoms with van der Waals surface area (Å²) >= 11 is 0. The van der Waals surface area contributed by atoms with Gasteiger partial charge >= 0.3 is 0 Å². The van der Waals surface area contributed by atoms with Crippen molar-refractivity contribution < 1.29 is 4.74 Å². The maximum absolute atomic E-state index is 5.91. The second kappa shape index (κ2) is 7.53. The molecule has 2 aromatic heterocycles. The first-order chi connectivity index (χ1) is 11.2. The molecule has 1 atom stereocenters. The average molecular weight is 312 g/mol. The number of hydrogen-bond donors (Lipinski definition) is 1. The van der Waals surface area contributed by atoms with Gasteiger partial charge in [0.1, 0.15) is 5.82 Å². The quantitative estimate of drug-likeness (QED) is 0.917. The van der Waals surface area contributed by atoms with E-state index in [1.807, 2.05) is 25.1 Å². The van der Waals surface area contributed by atoms with E-state index in [9.17, 15) is 0 Å². The Balaban J connectivity index is 1.52. The summed E-state index contributed by atoms with van der Waals surface area (Å²) < 4.78 is 5.91. The average Bonchev–Trinajstić information content (AvgIpc) is 2.53. The minimum Gasteiger partial charge on any atom is -0.384 e. The van der Waals surface area contributed by atoms with Crippen molar-refractivity contribution in [2.24, 2.45) is 0 Å². The molecule has 23 heavy (non-hydrogen) atoms. The number of nitrogen functional groups attached to an aromatic ring is 1. The number of ether oxygens (including phenoxy) is 1. The van der Waals surface area contributed by atoms with Gasteiger partial charge in [-0.15, -0.1) is 0 Å². The number of rotatable bonds is 5. The summed E-state index contributed by atoms with van der Waals surface area (Å²) in [6.07, 6.45) is 4.00. The second-order valence-electron chi connectivity index (χ2n) is 6.13. The highest BCUT2D eigenvalue weighted by Gasteiger charge is 2.20. The lowest BCUT2D eigenvalue weighted by Crippen LogP contribution is -2.42. The van der Waals surface area contributed by atoms with Gasteiger partial charge in [0.05, 0.1) is 18.4 Å². The van der Waals surface area contributed by atoms with E-state index in [-0.39, 0.29) is 6.10 Å². The van der Waals surface area contributed by atoms with Crippen LogP contribution in [0, 0.1) is 6.92 Å². The first-order valence-corrected chi connectivity index (χ1v) is 8.16. The van der Waals surface area contributed by atoms with Crippen LogP contribution in [0.2, 0.25) is 0 Å². The van der Waals surface area contributed by atoms with Gasteiger partial charge in [-0.1, -0.05) is 6.07 Å². The van der Waals surface area contributed by atoms with Gasteiger partial charge in [-0.3, -0.25) is 9.88 Å². The summed E-state index contributed by atoms with van der Waals surface area (Å²) in [7, 11) is 0. The van der Waals surface area contributed by atoms with Gasteiger partial charge in [0.15, 0.2) is 0 Å². The lowest BCUT2D eigenvalue weighted by atomic mass is 10.1. The molecule has 0 radical (unpaired) electrons. The monoisotopic (exact) mass is 312 g/mol. The Morgan fingerprint density at radius 2 is 2.26 bits per heavy atom.